The molecule has 0 aliphatic carbocycles. The summed E-state index contributed by atoms with van der Waals surface area (Å²) in [5.74, 6) is 0.807. The molecule has 0 atom stereocenters. The number of aromatic nitrogens is 1. The average Bonchev–Trinajstić information content (AvgIpc) is 2.60. The van der Waals surface area contributed by atoms with Crippen molar-refractivity contribution in [3.05, 3.63) is 88.5 Å². The molecule has 25 heavy (non-hydrogen) atoms. The second-order valence-electron chi connectivity index (χ2n) is 5.47. The topological polar surface area (TPSA) is 81.1 Å². The third-order valence-electron chi connectivity index (χ3n) is 3.62. The van der Waals surface area contributed by atoms with Crippen molar-refractivity contribution in [3.63, 3.8) is 0 Å². The van der Waals surface area contributed by atoms with Crippen LogP contribution in [0.25, 0.3) is 0 Å². The van der Waals surface area contributed by atoms with Gasteiger partial charge in [-0.05, 0) is 35.9 Å². The number of hydrogen-bond donors (Lipinski definition) is 2. The van der Waals surface area contributed by atoms with Crippen LogP contribution in [0.4, 0.5) is 0 Å². The molecular weight excluding hydrogens is 338 g/mol. The van der Waals surface area contributed by atoms with Gasteiger partial charge in [0.05, 0.1) is 10.6 Å². The number of amides is 1. The van der Waals surface area contributed by atoms with Crippen LogP contribution in [0, 0.1) is 5.41 Å². The van der Waals surface area contributed by atoms with Crippen molar-refractivity contribution in [1.29, 1.82) is 5.41 Å². The van der Waals surface area contributed by atoms with Crippen LogP contribution in [0.2, 0.25) is 5.02 Å². The van der Waals surface area contributed by atoms with E-state index in [4.69, 9.17) is 27.5 Å². The zero-order valence-corrected chi connectivity index (χ0v) is 14.0. The zero-order chi connectivity index (χ0) is 17.8. The smallest absolute Gasteiger partial charge is 0.252 e. The molecule has 0 saturated carbocycles. The molecule has 1 amide bonds. The fraction of sp³-hybridized carbons (Fsp3) is 0.0526. The Labute approximate surface area is 149 Å². The number of nitrogens with two attached hydrogens (primary N) is 1. The number of pyridine rings is 1. The molecule has 0 aliphatic heterocycles. The van der Waals surface area contributed by atoms with Gasteiger partial charge in [0, 0.05) is 12.7 Å². The van der Waals surface area contributed by atoms with Crippen LogP contribution in [0.1, 0.15) is 15.9 Å². The van der Waals surface area contributed by atoms with Gasteiger partial charge in [0.1, 0.15) is 17.0 Å². The number of nitrogens with zero attached hydrogens (tertiary/aromatic N) is 1. The Hall–Kier alpha value is -3.05. The standard InChI is InChI=1S/C19H16ClN3O2/c20-14-10-17(19(22)24)18(21)23(12-14)11-13-6-8-16(9-7-13)25-15-4-2-1-3-5-15/h1-10,12,21H,11H2,(H2,22,24). The number of halogens is 1. The number of hydrogen-bond acceptors (Lipinski definition) is 3. The van der Waals surface area contributed by atoms with Gasteiger partial charge in [-0.15, -0.1) is 0 Å². The maximum atomic E-state index is 11.4. The minimum absolute atomic E-state index is 0.0292. The van der Waals surface area contributed by atoms with E-state index in [2.05, 4.69) is 0 Å². The molecule has 0 fully saturated rings. The third-order valence-corrected chi connectivity index (χ3v) is 3.83. The van der Waals surface area contributed by atoms with Crippen LogP contribution in [-0.2, 0) is 6.54 Å². The van der Waals surface area contributed by atoms with E-state index in [0.29, 0.717) is 11.6 Å². The molecule has 0 aliphatic rings. The van der Waals surface area contributed by atoms with E-state index in [9.17, 15) is 4.79 Å². The normalized spacial score (nSPS) is 10.4. The highest BCUT2D eigenvalue weighted by Gasteiger charge is 2.09. The molecular formula is C19H16ClN3O2. The fourth-order valence-electron chi connectivity index (χ4n) is 2.41. The van der Waals surface area contributed by atoms with Crippen LogP contribution in [0.15, 0.2) is 66.9 Å². The molecule has 2 aromatic carbocycles. The van der Waals surface area contributed by atoms with E-state index in [0.717, 1.165) is 17.1 Å². The van der Waals surface area contributed by atoms with Gasteiger partial charge in [-0.25, -0.2) is 0 Å². The summed E-state index contributed by atoms with van der Waals surface area (Å²) in [6, 6.07) is 18.4. The lowest BCUT2D eigenvalue weighted by molar-refractivity contribution is 0.0998. The Morgan fingerprint density at radius 2 is 1.72 bits per heavy atom. The average molecular weight is 354 g/mol. The second kappa shape index (κ2) is 7.23. The fourth-order valence-corrected chi connectivity index (χ4v) is 2.64. The van der Waals surface area contributed by atoms with Crippen molar-refractivity contribution < 1.29 is 9.53 Å². The Morgan fingerprint density at radius 1 is 1.08 bits per heavy atom. The van der Waals surface area contributed by atoms with E-state index in [1.54, 1.807) is 10.8 Å². The van der Waals surface area contributed by atoms with Gasteiger partial charge < -0.3 is 15.0 Å². The van der Waals surface area contributed by atoms with Gasteiger partial charge in [0.15, 0.2) is 0 Å². The largest absolute Gasteiger partial charge is 0.457 e. The lowest BCUT2D eigenvalue weighted by Gasteiger charge is -2.11. The van der Waals surface area contributed by atoms with Crippen molar-refractivity contribution in [3.8, 4) is 11.5 Å². The molecule has 3 aromatic rings. The van der Waals surface area contributed by atoms with E-state index in [1.807, 2.05) is 54.6 Å². The van der Waals surface area contributed by atoms with Gasteiger partial charge >= 0.3 is 0 Å². The number of primary amides is 1. The molecule has 5 nitrogen and oxygen atoms in total. The Morgan fingerprint density at radius 3 is 2.36 bits per heavy atom. The molecule has 1 aromatic heterocycles. The van der Waals surface area contributed by atoms with Crippen molar-refractivity contribution in [1.82, 2.24) is 4.57 Å². The summed E-state index contributed by atoms with van der Waals surface area (Å²) in [5, 5.41) is 8.45. The Balaban J connectivity index is 1.80. The van der Waals surface area contributed by atoms with Gasteiger partial charge in [-0.1, -0.05) is 41.9 Å². The first-order chi connectivity index (χ1) is 12.0. The first-order valence-corrected chi connectivity index (χ1v) is 7.97. The van der Waals surface area contributed by atoms with E-state index < -0.39 is 5.91 Å². The van der Waals surface area contributed by atoms with Crippen molar-refractivity contribution in [2.24, 2.45) is 5.73 Å². The number of carbonyl (C=O) groups excluding carboxylic acids is 1. The number of carbonyl (C=O) groups is 1. The SMILES string of the molecule is N=c1c(C(N)=O)cc(Cl)cn1Cc1ccc(Oc2ccccc2)cc1. The predicted molar refractivity (Wildman–Crippen MR) is 95.9 cm³/mol. The third kappa shape index (κ3) is 4.08. The molecule has 0 saturated heterocycles. The number of para-hydroxylation sites is 1. The summed E-state index contributed by atoms with van der Waals surface area (Å²) >= 11 is 6.02. The lowest BCUT2D eigenvalue weighted by atomic mass is 10.2. The zero-order valence-electron chi connectivity index (χ0n) is 13.3. The van der Waals surface area contributed by atoms with E-state index in [1.165, 1.54) is 6.07 Å². The summed E-state index contributed by atoms with van der Waals surface area (Å²) in [6.07, 6.45) is 1.60. The highest BCUT2D eigenvalue weighted by molar-refractivity contribution is 6.30. The first-order valence-electron chi connectivity index (χ1n) is 7.59. The summed E-state index contributed by atoms with van der Waals surface area (Å²) < 4.78 is 7.33. The minimum Gasteiger partial charge on any atom is -0.457 e. The monoisotopic (exact) mass is 353 g/mol. The molecule has 6 heteroatoms. The van der Waals surface area contributed by atoms with Gasteiger partial charge in [0.2, 0.25) is 0 Å². The number of benzene rings is 2. The molecule has 3 N–H and O–H groups in total. The quantitative estimate of drug-likeness (QED) is 0.735. The highest BCUT2D eigenvalue weighted by atomic mass is 35.5. The Kier molecular flexibility index (Phi) is 4.86. The van der Waals surface area contributed by atoms with Crippen LogP contribution in [0.3, 0.4) is 0 Å². The van der Waals surface area contributed by atoms with Crippen LogP contribution in [0.5, 0.6) is 11.5 Å². The number of nitrogens with one attached hydrogen (secondary N) is 1. The number of ether oxygens (including phenoxy) is 1. The summed E-state index contributed by atoms with van der Waals surface area (Å²) in [4.78, 5) is 11.4. The van der Waals surface area contributed by atoms with Gasteiger partial charge in [0.25, 0.3) is 5.91 Å². The molecule has 0 radical (unpaired) electrons. The van der Waals surface area contributed by atoms with Gasteiger partial charge in [-0.2, -0.15) is 0 Å². The van der Waals surface area contributed by atoms with Crippen molar-refractivity contribution >= 4 is 17.5 Å². The first kappa shape index (κ1) is 16.8. The summed E-state index contributed by atoms with van der Waals surface area (Å²) in [5.41, 5.74) is 6.36. The van der Waals surface area contributed by atoms with Crippen LogP contribution >= 0.6 is 11.6 Å². The maximum Gasteiger partial charge on any atom is 0.252 e. The molecule has 126 valence electrons. The maximum absolute atomic E-state index is 11.4. The minimum atomic E-state index is -0.673. The Bertz CT molecular complexity index is 951. The lowest BCUT2D eigenvalue weighted by Crippen LogP contribution is -2.29. The van der Waals surface area contributed by atoms with E-state index in [-0.39, 0.29) is 11.1 Å². The summed E-state index contributed by atoms with van der Waals surface area (Å²) in [6.45, 7) is 0.394. The van der Waals surface area contributed by atoms with Crippen molar-refractivity contribution in [2.75, 3.05) is 0 Å². The molecule has 0 spiro atoms. The molecule has 3 rings (SSSR count). The molecule has 1 heterocycles. The van der Waals surface area contributed by atoms with Crippen molar-refractivity contribution in [2.45, 2.75) is 6.54 Å². The molecule has 0 unspecified atom stereocenters. The second-order valence-corrected chi connectivity index (χ2v) is 5.91. The number of rotatable bonds is 5. The highest BCUT2D eigenvalue weighted by Crippen LogP contribution is 2.21. The van der Waals surface area contributed by atoms with Gasteiger partial charge in [-0.3, -0.25) is 10.2 Å². The molecule has 0 bridgehead atoms. The predicted octanol–water partition coefficient (Wildman–Crippen LogP) is 3.56. The van der Waals surface area contributed by atoms with E-state index >= 15 is 0 Å². The van der Waals surface area contributed by atoms with Crippen LogP contribution < -0.4 is 16.0 Å². The summed E-state index contributed by atoms with van der Waals surface area (Å²) in [7, 11) is 0. The van der Waals surface area contributed by atoms with Crippen LogP contribution in [-0.4, -0.2) is 10.5 Å².